The predicted octanol–water partition coefficient (Wildman–Crippen LogP) is 8.41. The summed E-state index contributed by atoms with van der Waals surface area (Å²) in [6.45, 7) is 3.07. The van der Waals surface area contributed by atoms with Crippen LogP contribution >= 0.6 is 46.4 Å². The van der Waals surface area contributed by atoms with Crippen molar-refractivity contribution < 1.29 is 16.8 Å². The van der Waals surface area contributed by atoms with Crippen molar-refractivity contribution in [3.8, 4) is 0 Å². The molecule has 0 amide bonds. The van der Waals surface area contributed by atoms with Gasteiger partial charge in [-0.25, -0.2) is 26.3 Å². The van der Waals surface area contributed by atoms with E-state index in [1.165, 1.54) is 0 Å². The molecule has 2 aliphatic heterocycles. The Labute approximate surface area is 337 Å². The van der Waals surface area contributed by atoms with Crippen LogP contribution < -0.4 is 9.44 Å². The number of likely N-dealkylation sites (N-methyl/N-ethyl adjacent to an activating group) is 2. The van der Waals surface area contributed by atoms with Gasteiger partial charge in [-0.05, 0) is 107 Å². The Balaban J connectivity index is 0.953. The molecule has 8 nitrogen and oxygen atoms in total. The van der Waals surface area contributed by atoms with Crippen molar-refractivity contribution in [1.29, 1.82) is 0 Å². The fourth-order valence-electron chi connectivity index (χ4n) is 7.32. The molecule has 14 heteroatoms. The maximum absolute atomic E-state index is 13.2. The van der Waals surface area contributed by atoms with Crippen molar-refractivity contribution in [2.24, 2.45) is 0 Å². The molecule has 0 aliphatic carbocycles. The van der Waals surface area contributed by atoms with Crippen molar-refractivity contribution in [2.75, 3.05) is 27.2 Å². The van der Waals surface area contributed by atoms with E-state index in [9.17, 15) is 16.8 Å². The molecule has 0 radical (unpaired) electrons. The second-order valence-corrected chi connectivity index (χ2v) is 19.2. The smallest absolute Gasteiger partial charge is 0.240 e. The average Bonchev–Trinajstić information content (AvgIpc) is 3.14. The zero-order valence-electron chi connectivity index (χ0n) is 29.5. The van der Waals surface area contributed by atoms with Gasteiger partial charge in [0.15, 0.2) is 0 Å². The highest BCUT2D eigenvalue weighted by atomic mass is 35.5. The first kappa shape index (κ1) is 39.2. The average molecular weight is 845 g/mol. The Bertz CT molecular complexity index is 2240. The normalized spacial score (nSPS) is 18.0. The second-order valence-electron chi connectivity index (χ2n) is 14.0. The summed E-state index contributed by atoms with van der Waals surface area (Å²) in [4.78, 5) is 4.68. The number of halogens is 4. The number of hydrogen-bond acceptors (Lipinski definition) is 6. The lowest BCUT2D eigenvalue weighted by atomic mass is 9.85. The van der Waals surface area contributed by atoms with Gasteiger partial charge < -0.3 is 9.80 Å². The number of rotatable bonds is 10. The van der Waals surface area contributed by atoms with Crippen LogP contribution in [0.15, 0.2) is 107 Å². The fraction of sp³-hybridized carbons (Fsp3) is 0.250. The fourth-order valence-corrected chi connectivity index (χ4v) is 10.5. The van der Waals surface area contributed by atoms with Crippen LogP contribution in [0.2, 0.25) is 20.1 Å². The molecule has 2 aliphatic rings. The van der Waals surface area contributed by atoms with Gasteiger partial charge in [0.1, 0.15) is 0 Å². The highest BCUT2D eigenvalue weighted by Crippen LogP contribution is 2.40. The predicted molar refractivity (Wildman–Crippen MR) is 217 cm³/mol. The van der Waals surface area contributed by atoms with Crippen LogP contribution in [0.5, 0.6) is 0 Å². The van der Waals surface area contributed by atoms with Crippen molar-refractivity contribution in [1.82, 2.24) is 19.2 Å². The monoisotopic (exact) mass is 842 g/mol. The van der Waals surface area contributed by atoms with Crippen LogP contribution in [0.4, 0.5) is 0 Å². The summed E-state index contributed by atoms with van der Waals surface area (Å²) in [6.07, 6.45) is 0. The number of hydrogen-bond donors (Lipinski definition) is 2. The largest absolute Gasteiger partial charge is 0.301 e. The summed E-state index contributed by atoms with van der Waals surface area (Å²) in [5.41, 5.74) is 7.56. The number of benzene rings is 5. The van der Waals surface area contributed by atoms with E-state index in [1.54, 1.807) is 60.7 Å². The molecule has 2 N–H and O–H groups in total. The van der Waals surface area contributed by atoms with E-state index in [-0.39, 0.29) is 34.7 Å². The number of nitrogens with zero attached hydrogens (tertiary/aromatic N) is 2. The minimum atomic E-state index is -3.80. The van der Waals surface area contributed by atoms with Crippen molar-refractivity contribution in [2.45, 2.75) is 47.8 Å². The summed E-state index contributed by atoms with van der Waals surface area (Å²) < 4.78 is 58.2. The number of sulfonamides is 2. The van der Waals surface area contributed by atoms with E-state index in [1.807, 2.05) is 50.5 Å². The van der Waals surface area contributed by atoms with Crippen molar-refractivity contribution >= 4 is 66.5 Å². The number of fused-ring (bicyclic) bond motifs is 2. The quantitative estimate of drug-likeness (QED) is 0.147. The van der Waals surface area contributed by atoms with Crippen LogP contribution in [0.3, 0.4) is 0 Å². The number of nitrogens with one attached hydrogen (secondary N) is 2. The molecule has 282 valence electrons. The molecule has 7 rings (SSSR count). The second kappa shape index (κ2) is 15.9. The maximum atomic E-state index is 13.2. The van der Waals surface area contributed by atoms with Gasteiger partial charge in [0.2, 0.25) is 20.0 Å². The molecule has 54 heavy (non-hydrogen) atoms. The highest BCUT2D eigenvalue weighted by Gasteiger charge is 2.29. The van der Waals surface area contributed by atoms with Gasteiger partial charge in [0.05, 0.1) is 9.79 Å². The van der Waals surface area contributed by atoms with E-state index in [0.717, 1.165) is 57.6 Å². The lowest BCUT2D eigenvalue weighted by molar-refractivity contribution is 0.295. The molecule has 0 bridgehead atoms. The van der Waals surface area contributed by atoms with Crippen LogP contribution in [0.1, 0.15) is 56.3 Å². The van der Waals surface area contributed by atoms with Gasteiger partial charge in [0, 0.05) is 71.2 Å². The topological polar surface area (TPSA) is 98.8 Å². The van der Waals surface area contributed by atoms with Gasteiger partial charge in [-0.3, -0.25) is 0 Å². The maximum Gasteiger partial charge on any atom is 0.240 e. The Morgan fingerprint density at radius 1 is 0.556 bits per heavy atom. The van der Waals surface area contributed by atoms with Crippen LogP contribution in [-0.4, -0.2) is 53.8 Å². The van der Waals surface area contributed by atoms with Gasteiger partial charge in [-0.15, -0.1) is 0 Å². The van der Waals surface area contributed by atoms with E-state index >= 15 is 0 Å². The lowest BCUT2D eigenvalue weighted by Gasteiger charge is -2.33. The van der Waals surface area contributed by atoms with E-state index in [0.29, 0.717) is 33.2 Å². The standard InChI is InChI=1S/C40H38Cl4N4O4S2/c1-47-21-35(33-15-29(41)17-39(43)37(33)23-47)27-7-11-31(12-8-27)53(49,50)45-19-25-3-5-26(6-4-25)20-46-54(51,52)32-13-9-28(10-14-32)36-22-48(2)24-38-34(36)16-30(42)18-40(38)44/h3-18,35-36,45-46H,19-24H2,1-2H3. The van der Waals surface area contributed by atoms with Gasteiger partial charge >= 0.3 is 0 Å². The Hall–Kier alpha value is -3.00. The molecule has 2 atom stereocenters. The molecule has 5 aromatic carbocycles. The van der Waals surface area contributed by atoms with E-state index in [4.69, 9.17) is 46.4 Å². The summed E-state index contributed by atoms with van der Waals surface area (Å²) in [5.74, 6) is -0.00616. The minimum Gasteiger partial charge on any atom is -0.301 e. The van der Waals surface area contributed by atoms with Crippen LogP contribution in [0.25, 0.3) is 0 Å². The summed E-state index contributed by atoms with van der Waals surface area (Å²) in [5, 5.41) is 2.39. The highest BCUT2D eigenvalue weighted by molar-refractivity contribution is 7.89. The summed E-state index contributed by atoms with van der Waals surface area (Å²) >= 11 is 25.7. The van der Waals surface area contributed by atoms with Gasteiger partial charge in [-0.1, -0.05) is 94.9 Å². The molecule has 2 heterocycles. The van der Waals surface area contributed by atoms with Gasteiger partial charge in [-0.2, -0.15) is 0 Å². The first-order valence-corrected chi connectivity index (χ1v) is 21.7. The van der Waals surface area contributed by atoms with Crippen LogP contribution in [-0.2, 0) is 46.2 Å². The Morgan fingerprint density at radius 2 is 0.907 bits per heavy atom. The summed E-state index contributed by atoms with van der Waals surface area (Å²) in [7, 11) is -3.55. The third-order valence-corrected chi connectivity index (χ3v) is 14.1. The molecule has 2 unspecified atom stereocenters. The zero-order chi connectivity index (χ0) is 38.4. The molecule has 0 fully saturated rings. The Morgan fingerprint density at radius 3 is 1.26 bits per heavy atom. The molecule has 0 aromatic heterocycles. The van der Waals surface area contributed by atoms with Crippen molar-refractivity contribution in [3.05, 3.63) is 162 Å². The van der Waals surface area contributed by atoms with E-state index < -0.39 is 20.0 Å². The molecular formula is C40H38Cl4N4O4S2. The summed E-state index contributed by atoms with van der Waals surface area (Å²) in [6, 6.07) is 28.3. The lowest BCUT2D eigenvalue weighted by Crippen LogP contribution is -2.31. The van der Waals surface area contributed by atoms with E-state index in [2.05, 4.69) is 19.2 Å². The van der Waals surface area contributed by atoms with Crippen molar-refractivity contribution in [3.63, 3.8) is 0 Å². The SMILES string of the molecule is CN1Cc2c(Cl)cc(Cl)cc2C(c2ccc(S(=O)(=O)NCc3ccc(CNS(=O)(=O)c4ccc(C5CN(C)Cc6c(Cl)cc(Cl)cc65)cc4)cc3)cc2)C1. The molecule has 5 aromatic rings. The zero-order valence-corrected chi connectivity index (χ0v) is 34.1. The Kier molecular flexibility index (Phi) is 11.5. The van der Waals surface area contributed by atoms with Crippen LogP contribution in [0, 0.1) is 0 Å². The minimum absolute atomic E-state index is 0.00308. The third-order valence-electron chi connectivity index (χ3n) is 10.1. The molecule has 0 saturated carbocycles. The molecular weight excluding hydrogens is 806 g/mol. The first-order chi connectivity index (χ1) is 25.7. The molecule has 0 saturated heterocycles. The molecule has 0 spiro atoms. The first-order valence-electron chi connectivity index (χ1n) is 17.3. The third kappa shape index (κ3) is 8.54. The van der Waals surface area contributed by atoms with Gasteiger partial charge in [0.25, 0.3) is 0 Å².